The summed E-state index contributed by atoms with van der Waals surface area (Å²) in [6.07, 6.45) is 5.62. The van der Waals surface area contributed by atoms with E-state index in [9.17, 15) is 4.79 Å². The molecule has 3 rings (SSSR count). The third-order valence-electron chi connectivity index (χ3n) is 5.64. The Morgan fingerprint density at radius 2 is 2.00 bits per heavy atom. The van der Waals surface area contributed by atoms with E-state index in [1.54, 1.807) is 0 Å². The standard InChI is InChI=1S/C16H26O/c1-6-15(17)10(2)7-12-8-13-9-14(11(12)3)16(13,4)5/h7,11-14H,6,8-9H2,1-5H3. The van der Waals surface area contributed by atoms with Gasteiger partial charge in [0, 0.05) is 6.42 Å². The molecule has 4 atom stereocenters. The number of carbonyl (C=O) groups excluding carboxylic acids is 1. The molecule has 17 heavy (non-hydrogen) atoms. The molecule has 3 saturated carbocycles. The summed E-state index contributed by atoms with van der Waals surface area (Å²) >= 11 is 0. The molecule has 0 heterocycles. The molecule has 0 N–H and O–H groups in total. The number of hydrogen-bond donors (Lipinski definition) is 0. The Morgan fingerprint density at radius 1 is 1.35 bits per heavy atom. The third-order valence-corrected chi connectivity index (χ3v) is 5.64. The van der Waals surface area contributed by atoms with Crippen molar-refractivity contribution in [3.63, 3.8) is 0 Å². The van der Waals surface area contributed by atoms with Crippen LogP contribution in [0.2, 0.25) is 0 Å². The third kappa shape index (κ3) is 1.98. The van der Waals surface area contributed by atoms with Crippen molar-refractivity contribution in [3.8, 4) is 0 Å². The maximum atomic E-state index is 11.6. The van der Waals surface area contributed by atoms with Gasteiger partial charge in [0.25, 0.3) is 0 Å². The van der Waals surface area contributed by atoms with Crippen molar-refractivity contribution in [1.82, 2.24) is 0 Å². The van der Waals surface area contributed by atoms with Crippen LogP contribution >= 0.6 is 0 Å². The maximum absolute atomic E-state index is 11.6. The fourth-order valence-corrected chi connectivity index (χ4v) is 4.10. The van der Waals surface area contributed by atoms with Gasteiger partial charge in [-0.1, -0.05) is 33.8 Å². The molecule has 3 fully saturated rings. The summed E-state index contributed by atoms with van der Waals surface area (Å²) in [5, 5.41) is 0. The molecule has 0 aromatic rings. The van der Waals surface area contributed by atoms with E-state index in [4.69, 9.17) is 0 Å². The van der Waals surface area contributed by atoms with E-state index in [0.29, 0.717) is 23.5 Å². The summed E-state index contributed by atoms with van der Waals surface area (Å²) in [4.78, 5) is 11.6. The highest BCUT2D eigenvalue weighted by Gasteiger charge is 2.55. The lowest BCUT2D eigenvalue weighted by atomic mass is 9.43. The van der Waals surface area contributed by atoms with Gasteiger partial charge in [-0.2, -0.15) is 0 Å². The van der Waals surface area contributed by atoms with Crippen LogP contribution in [-0.4, -0.2) is 5.78 Å². The van der Waals surface area contributed by atoms with E-state index >= 15 is 0 Å². The molecule has 0 aromatic carbocycles. The van der Waals surface area contributed by atoms with Gasteiger partial charge in [0.15, 0.2) is 5.78 Å². The molecule has 1 nitrogen and oxygen atoms in total. The van der Waals surface area contributed by atoms with Gasteiger partial charge >= 0.3 is 0 Å². The zero-order chi connectivity index (χ0) is 12.8. The molecule has 0 aliphatic heterocycles. The lowest BCUT2D eigenvalue weighted by Gasteiger charge is -2.62. The second-order valence-corrected chi connectivity index (χ2v) is 6.75. The van der Waals surface area contributed by atoms with E-state index in [2.05, 4.69) is 26.8 Å². The van der Waals surface area contributed by atoms with Gasteiger partial charge < -0.3 is 0 Å². The fourth-order valence-electron chi connectivity index (χ4n) is 4.10. The molecule has 0 spiro atoms. The molecule has 0 amide bonds. The first kappa shape index (κ1) is 12.9. The average Bonchev–Trinajstić information content (AvgIpc) is 2.29. The van der Waals surface area contributed by atoms with E-state index in [1.807, 2.05) is 13.8 Å². The number of allylic oxidation sites excluding steroid dienone is 2. The minimum absolute atomic E-state index is 0.315. The quantitative estimate of drug-likeness (QED) is 0.668. The molecule has 0 aromatic heterocycles. The van der Waals surface area contributed by atoms with Crippen molar-refractivity contribution in [2.75, 3.05) is 0 Å². The molecular weight excluding hydrogens is 208 g/mol. The van der Waals surface area contributed by atoms with Gasteiger partial charge in [0.05, 0.1) is 0 Å². The molecule has 3 aliphatic rings. The Bertz CT molecular complexity index is 351. The lowest BCUT2D eigenvalue weighted by Crippen LogP contribution is -2.54. The summed E-state index contributed by atoms with van der Waals surface area (Å²) in [6.45, 7) is 11.2. The van der Waals surface area contributed by atoms with Crippen LogP contribution in [0.5, 0.6) is 0 Å². The number of rotatable bonds is 3. The van der Waals surface area contributed by atoms with Crippen molar-refractivity contribution < 1.29 is 4.79 Å². The molecular formula is C16H26O. The van der Waals surface area contributed by atoms with Crippen LogP contribution in [0.15, 0.2) is 11.6 Å². The maximum Gasteiger partial charge on any atom is 0.157 e. The van der Waals surface area contributed by atoms with Crippen LogP contribution in [0, 0.1) is 29.1 Å². The van der Waals surface area contributed by atoms with Crippen molar-refractivity contribution in [1.29, 1.82) is 0 Å². The normalized spacial score (nSPS) is 39.7. The molecule has 2 bridgehead atoms. The Hall–Kier alpha value is -0.590. The molecule has 4 unspecified atom stereocenters. The fraction of sp³-hybridized carbons (Fsp3) is 0.812. The molecule has 3 aliphatic carbocycles. The van der Waals surface area contributed by atoms with Crippen LogP contribution in [0.25, 0.3) is 0 Å². The number of Topliss-reactive ketones (excluding diaryl/α,β-unsaturated/α-hetero) is 1. The average molecular weight is 234 g/mol. The number of fused-ring (bicyclic) bond motifs is 2. The van der Waals surface area contributed by atoms with Crippen molar-refractivity contribution in [3.05, 3.63) is 11.6 Å². The summed E-state index contributed by atoms with van der Waals surface area (Å²) in [5.74, 6) is 3.45. The molecule has 1 heteroatoms. The van der Waals surface area contributed by atoms with Crippen molar-refractivity contribution >= 4 is 5.78 Å². The number of ketones is 1. The first-order valence-corrected chi connectivity index (χ1v) is 7.09. The first-order chi connectivity index (χ1) is 7.87. The monoisotopic (exact) mass is 234 g/mol. The zero-order valence-corrected chi connectivity index (χ0v) is 11.9. The Kier molecular flexibility index (Phi) is 3.22. The van der Waals surface area contributed by atoms with Gasteiger partial charge in [-0.25, -0.2) is 0 Å². The molecule has 96 valence electrons. The SMILES string of the molecule is CCC(=O)C(C)=CC1CC2CC(C1C)C2(C)C. The Balaban J connectivity index is 2.09. The van der Waals surface area contributed by atoms with Crippen LogP contribution in [0.3, 0.4) is 0 Å². The van der Waals surface area contributed by atoms with E-state index in [0.717, 1.165) is 23.3 Å². The smallest absolute Gasteiger partial charge is 0.157 e. The summed E-state index contributed by atoms with van der Waals surface area (Å²) in [5.41, 5.74) is 1.54. The summed E-state index contributed by atoms with van der Waals surface area (Å²) in [7, 11) is 0. The number of carbonyl (C=O) groups is 1. The van der Waals surface area contributed by atoms with Gasteiger partial charge in [-0.3, -0.25) is 4.79 Å². The second kappa shape index (κ2) is 4.26. The van der Waals surface area contributed by atoms with E-state index < -0.39 is 0 Å². The zero-order valence-electron chi connectivity index (χ0n) is 11.9. The topological polar surface area (TPSA) is 17.1 Å². The molecule has 0 saturated heterocycles. The Morgan fingerprint density at radius 3 is 2.47 bits per heavy atom. The van der Waals surface area contributed by atoms with Crippen LogP contribution in [0.4, 0.5) is 0 Å². The van der Waals surface area contributed by atoms with Crippen molar-refractivity contribution in [2.45, 2.75) is 53.9 Å². The van der Waals surface area contributed by atoms with Gasteiger partial charge in [0.1, 0.15) is 0 Å². The van der Waals surface area contributed by atoms with E-state index in [-0.39, 0.29) is 0 Å². The largest absolute Gasteiger partial charge is 0.295 e. The molecule has 0 radical (unpaired) electrons. The van der Waals surface area contributed by atoms with Crippen LogP contribution in [0.1, 0.15) is 53.9 Å². The summed E-state index contributed by atoms with van der Waals surface area (Å²) < 4.78 is 0. The lowest BCUT2D eigenvalue weighted by molar-refractivity contribution is -0.119. The minimum Gasteiger partial charge on any atom is -0.295 e. The van der Waals surface area contributed by atoms with Gasteiger partial charge in [-0.05, 0) is 54.4 Å². The second-order valence-electron chi connectivity index (χ2n) is 6.75. The van der Waals surface area contributed by atoms with Crippen LogP contribution < -0.4 is 0 Å². The highest BCUT2D eigenvalue weighted by atomic mass is 16.1. The highest BCUT2D eigenvalue weighted by molar-refractivity contribution is 5.94. The van der Waals surface area contributed by atoms with Gasteiger partial charge in [-0.15, -0.1) is 0 Å². The predicted octanol–water partition coefficient (Wildman–Crippen LogP) is 4.23. The van der Waals surface area contributed by atoms with Crippen molar-refractivity contribution in [2.24, 2.45) is 29.1 Å². The summed E-state index contributed by atoms with van der Waals surface area (Å²) in [6, 6.07) is 0. The number of hydrogen-bond acceptors (Lipinski definition) is 1. The van der Waals surface area contributed by atoms with Crippen LogP contribution in [-0.2, 0) is 4.79 Å². The highest BCUT2D eigenvalue weighted by Crippen LogP contribution is 2.63. The van der Waals surface area contributed by atoms with Gasteiger partial charge in [0.2, 0.25) is 0 Å². The first-order valence-electron chi connectivity index (χ1n) is 7.09. The Labute approximate surface area is 106 Å². The minimum atomic E-state index is 0.315. The predicted molar refractivity (Wildman–Crippen MR) is 71.7 cm³/mol. The van der Waals surface area contributed by atoms with E-state index in [1.165, 1.54) is 12.8 Å².